The Kier molecular flexibility index (Phi) is 6.77. The van der Waals surface area contributed by atoms with Crippen molar-refractivity contribution in [2.24, 2.45) is 5.92 Å². The number of nitrogens with zero attached hydrogens (tertiary/aromatic N) is 2. The van der Waals surface area contributed by atoms with Crippen molar-refractivity contribution in [1.82, 2.24) is 9.78 Å². The van der Waals surface area contributed by atoms with Gasteiger partial charge in [-0.05, 0) is 37.3 Å². The van der Waals surface area contributed by atoms with E-state index >= 15 is 0 Å². The molecule has 2 aromatic carbocycles. The van der Waals surface area contributed by atoms with E-state index in [4.69, 9.17) is 30.9 Å². The molecule has 2 aliphatic rings. The van der Waals surface area contributed by atoms with E-state index in [1.807, 2.05) is 48.0 Å². The molecule has 6 nitrogen and oxygen atoms in total. The molecule has 0 spiro atoms. The number of esters is 1. The zero-order valence-electron chi connectivity index (χ0n) is 19.4. The molecule has 0 amide bonds. The van der Waals surface area contributed by atoms with Crippen LogP contribution in [0.2, 0.25) is 5.02 Å². The molecule has 178 valence electrons. The van der Waals surface area contributed by atoms with Gasteiger partial charge in [0, 0.05) is 35.2 Å². The van der Waals surface area contributed by atoms with Crippen molar-refractivity contribution in [3.8, 4) is 22.8 Å². The highest BCUT2D eigenvalue weighted by atomic mass is 35.5. The molecule has 0 saturated heterocycles. The van der Waals surface area contributed by atoms with Gasteiger partial charge in [0.1, 0.15) is 0 Å². The number of carbonyl (C=O) groups excluding carboxylic acids is 1. The quantitative estimate of drug-likeness (QED) is 0.372. The van der Waals surface area contributed by atoms with Gasteiger partial charge in [-0.25, -0.2) is 4.79 Å². The molecule has 1 fully saturated rings. The second kappa shape index (κ2) is 10.1. The van der Waals surface area contributed by atoms with Crippen molar-refractivity contribution in [1.29, 1.82) is 0 Å². The lowest BCUT2D eigenvalue weighted by atomic mass is 9.89. The Balaban J connectivity index is 1.62. The fourth-order valence-electron chi connectivity index (χ4n) is 4.95. The van der Waals surface area contributed by atoms with Gasteiger partial charge in [-0.1, -0.05) is 61.2 Å². The van der Waals surface area contributed by atoms with E-state index in [0.717, 1.165) is 35.2 Å². The van der Waals surface area contributed by atoms with Gasteiger partial charge in [0.25, 0.3) is 0 Å². The highest BCUT2D eigenvalue weighted by Crippen LogP contribution is 2.39. The number of aromatic nitrogens is 2. The minimum absolute atomic E-state index is 0.178. The summed E-state index contributed by atoms with van der Waals surface area (Å²) in [5, 5.41) is 5.56. The van der Waals surface area contributed by atoms with Crippen LogP contribution in [0.25, 0.3) is 11.3 Å². The average Bonchev–Trinajstić information content (AvgIpc) is 3.45. The average molecular weight is 481 g/mol. The molecule has 1 aromatic heterocycles. The summed E-state index contributed by atoms with van der Waals surface area (Å²) in [5.74, 6) is 1.45. The number of ether oxygens (including phenoxy) is 3. The Morgan fingerprint density at radius 2 is 1.85 bits per heavy atom. The third kappa shape index (κ3) is 4.64. The molecule has 0 atom stereocenters. The van der Waals surface area contributed by atoms with Crippen molar-refractivity contribution in [3.63, 3.8) is 0 Å². The van der Waals surface area contributed by atoms with Crippen LogP contribution in [0.5, 0.6) is 11.5 Å². The summed E-state index contributed by atoms with van der Waals surface area (Å²) in [6.07, 6.45) is 6.48. The summed E-state index contributed by atoms with van der Waals surface area (Å²) in [6.45, 7) is 3.02. The fraction of sp³-hybridized carbons (Fsp3) is 0.407. The first kappa shape index (κ1) is 22.8. The van der Waals surface area contributed by atoms with E-state index in [2.05, 4.69) is 0 Å². The summed E-state index contributed by atoms with van der Waals surface area (Å²) >= 11 is 6.63. The summed E-state index contributed by atoms with van der Waals surface area (Å²) in [4.78, 5) is 13.3. The minimum atomic E-state index is -0.347. The van der Waals surface area contributed by atoms with E-state index in [0.29, 0.717) is 47.7 Å². The summed E-state index contributed by atoms with van der Waals surface area (Å²) in [7, 11) is 0. The fourth-order valence-corrected chi connectivity index (χ4v) is 5.17. The lowest BCUT2D eigenvalue weighted by Gasteiger charge is -2.22. The number of benzene rings is 2. The molecular weight excluding hydrogens is 452 g/mol. The Hall–Kier alpha value is -2.99. The van der Waals surface area contributed by atoms with E-state index < -0.39 is 0 Å². The maximum absolute atomic E-state index is 13.3. The van der Waals surface area contributed by atoms with Crippen LogP contribution in [0.4, 0.5) is 0 Å². The number of hydrogen-bond donors (Lipinski definition) is 0. The van der Waals surface area contributed by atoms with Crippen LogP contribution in [0.1, 0.15) is 60.6 Å². The van der Waals surface area contributed by atoms with E-state index in [-0.39, 0.29) is 12.8 Å². The minimum Gasteiger partial charge on any atom is -0.461 e. The zero-order valence-corrected chi connectivity index (χ0v) is 20.1. The lowest BCUT2D eigenvalue weighted by Crippen LogP contribution is -2.20. The molecule has 1 aliphatic carbocycles. The van der Waals surface area contributed by atoms with Gasteiger partial charge >= 0.3 is 5.97 Å². The molecule has 3 aromatic rings. The smallest absolute Gasteiger partial charge is 0.356 e. The Morgan fingerprint density at radius 3 is 2.59 bits per heavy atom. The maximum atomic E-state index is 13.3. The van der Waals surface area contributed by atoms with Gasteiger partial charge in [0.2, 0.25) is 6.79 Å². The van der Waals surface area contributed by atoms with Crippen LogP contribution in [-0.2, 0) is 17.7 Å². The summed E-state index contributed by atoms with van der Waals surface area (Å²) in [5.41, 5.74) is 3.93. The van der Waals surface area contributed by atoms with Gasteiger partial charge in [-0.3, -0.25) is 4.68 Å². The van der Waals surface area contributed by atoms with Gasteiger partial charge in [-0.2, -0.15) is 5.10 Å². The second-order valence-corrected chi connectivity index (χ2v) is 9.33. The van der Waals surface area contributed by atoms with Crippen molar-refractivity contribution in [2.45, 2.75) is 52.0 Å². The molecule has 0 bridgehead atoms. The zero-order chi connectivity index (χ0) is 23.5. The van der Waals surface area contributed by atoms with E-state index in [9.17, 15) is 4.79 Å². The number of hydrogen-bond acceptors (Lipinski definition) is 5. The van der Waals surface area contributed by atoms with Crippen LogP contribution in [0.3, 0.4) is 0 Å². The molecule has 0 N–H and O–H groups in total. The van der Waals surface area contributed by atoms with Crippen LogP contribution in [0, 0.1) is 5.92 Å². The standard InChI is InChI=1S/C27H29ClN2O4/c1-2-32-27(31)26-21(13-20-14-23-24(15-22(20)28)34-17-33-23)25(19-11-7-4-8-12-19)29-30(26)16-18-9-5-3-6-10-18/h4,7-8,11-12,14-15,18H,2-3,5-6,9-10,13,16-17H2,1H3. The van der Waals surface area contributed by atoms with Gasteiger partial charge in [-0.15, -0.1) is 0 Å². The second-order valence-electron chi connectivity index (χ2n) is 8.92. The molecule has 34 heavy (non-hydrogen) atoms. The topological polar surface area (TPSA) is 62.6 Å². The summed E-state index contributed by atoms with van der Waals surface area (Å²) < 4.78 is 18.4. The third-order valence-electron chi connectivity index (χ3n) is 6.63. The molecule has 1 saturated carbocycles. The van der Waals surface area contributed by atoms with Gasteiger partial charge in [0.15, 0.2) is 17.2 Å². The SMILES string of the molecule is CCOC(=O)c1c(Cc2cc3c(cc2Cl)OCO3)c(-c2ccccc2)nn1CC1CCCCC1. The summed E-state index contributed by atoms with van der Waals surface area (Å²) in [6, 6.07) is 13.7. The first-order chi connectivity index (χ1) is 16.6. The van der Waals surface area contributed by atoms with Crippen LogP contribution in [-0.4, -0.2) is 29.1 Å². The van der Waals surface area contributed by atoms with Crippen molar-refractivity contribution in [2.75, 3.05) is 13.4 Å². The third-order valence-corrected chi connectivity index (χ3v) is 6.98. The highest BCUT2D eigenvalue weighted by Gasteiger charge is 2.28. The van der Waals surface area contributed by atoms with Gasteiger partial charge in [0.05, 0.1) is 12.3 Å². The predicted molar refractivity (Wildman–Crippen MR) is 131 cm³/mol. The van der Waals surface area contributed by atoms with Crippen LogP contribution in [0.15, 0.2) is 42.5 Å². The molecule has 0 radical (unpaired) electrons. The Labute approximate surface area is 204 Å². The van der Waals surface area contributed by atoms with Crippen LogP contribution < -0.4 is 9.47 Å². The molecule has 7 heteroatoms. The molecule has 1 aliphatic heterocycles. The first-order valence-corrected chi connectivity index (χ1v) is 12.4. The van der Waals surface area contributed by atoms with Gasteiger partial charge < -0.3 is 14.2 Å². The monoisotopic (exact) mass is 480 g/mol. The van der Waals surface area contributed by atoms with Crippen molar-refractivity contribution in [3.05, 3.63) is 64.3 Å². The number of rotatable bonds is 7. The van der Waals surface area contributed by atoms with Crippen molar-refractivity contribution >= 4 is 17.6 Å². The molecular formula is C27H29ClN2O4. The number of carbonyl (C=O) groups is 1. The number of halogens is 1. The van der Waals surface area contributed by atoms with Crippen LogP contribution >= 0.6 is 11.6 Å². The first-order valence-electron chi connectivity index (χ1n) is 12.0. The van der Waals surface area contributed by atoms with E-state index in [1.54, 1.807) is 6.07 Å². The van der Waals surface area contributed by atoms with E-state index in [1.165, 1.54) is 19.3 Å². The molecule has 0 unspecified atom stereocenters. The Bertz CT molecular complexity index is 1170. The largest absolute Gasteiger partial charge is 0.461 e. The van der Waals surface area contributed by atoms with Crippen molar-refractivity contribution < 1.29 is 19.0 Å². The Morgan fingerprint density at radius 1 is 1.12 bits per heavy atom. The molecule has 2 heterocycles. The molecule has 5 rings (SSSR count). The lowest BCUT2D eigenvalue weighted by molar-refractivity contribution is 0.0508. The highest BCUT2D eigenvalue weighted by molar-refractivity contribution is 6.31. The predicted octanol–water partition coefficient (Wildman–Crippen LogP) is 6.28. The number of fused-ring (bicyclic) bond motifs is 1. The normalized spacial score (nSPS) is 15.5. The maximum Gasteiger partial charge on any atom is 0.356 e.